The molecule has 2 atom stereocenters. The van der Waals surface area contributed by atoms with Gasteiger partial charge in [0.1, 0.15) is 5.75 Å². The SMILES string of the molecule is C[C@@H]1CN(c2ccc3nc(-c4cc5cn(C)nc5cc4O)nc(C4CCC4)c3c2)C[C@@H](C)N1. The van der Waals surface area contributed by atoms with Gasteiger partial charge in [-0.05, 0) is 51.0 Å². The van der Waals surface area contributed by atoms with Gasteiger partial charge in [0.2, 0.25) is 0 Å². The fraction of sp³-hybridized carbons (Fsp3) is 0.423. The van der Waals surface area contributed by atoms with Crippen LogP contribution in [0.25, 0.3) is 33.2 Å². The zero-order chi connectivity index (χ0) is 22.7. The number of aryl methyl sites for hydroxylation is 1. The summed E-state index contributed by atoms with van der Waals surface area (Å²) in [6.07, 6.45) is 5.51. The molecule has 33 heavy (non-hydrogen) atoms. The lowest BCUT2D eigenvalue weighted by Gasteiger charge is -2.38. The molecule has 2 fully saturated rings. The van der Waals surface area contributed by atoms with Gasteiger partial charge in [-0.3, -0.25) is 4.68 Å². The number of hydrogen-bond donors (Lipinski definition) is 2. The molecule has 0 bridgehead atoms. The van der Waals surface area contributed by atoms with E-state index in [2.05, 4.69) is 47.4 Å². The van der Waals surface area contributed by atoms with E-state index in [1.807, 2.05) is 19.3 Å². The average molecular weight is 443 g/mol. The van der Waals surface area contributed by atoms with Crippen molar-refractivity contribution >= 4 is 27.5 Å². The molecule has 2 aliphatic rings. The first-order chi connectivity index (χ1) is 15.9. The molecule has 0 radical (unpaired) electrons. The Morgan fingerprint density at radius 3 is 2.52 bits per heavy atom. The van der Waals surface area contributed by atoms with Gasteiger partial charge in [-0.15, -0.1) is 0 Å². The van der Waals surface area contributed by atoms with E-state index in [0.29, 0.717) is 29.4 Å². The molecule has 170 valence electrons. The summed E-state index contributed by atoms with van der Waals surface area (Å²) in [6, 6.07) is 11.1. The minimum Gasteiger partial charge on any atom is -0.507 e. The van der Waals surface area contributed by atoms with Gasteiger partial charge >= 0.3 is 0 Å². The van der Waals surface area contributed by atoms with Crippen LogP contribution in [0.5, 0.6) is 5.75 Å². The standard InChI is InChI=1S/C26H30N6O/c1-15-12-32(13-16(2)27-15)19-7-8-22-20(10-19)25(17-5-4-6-17)29-26(28-22)21-9-18-14-31(3)30-23(18)11-24(21)33/h7-11,14-17,27,33H,4-6,12-13H2,1-3H3/t15-,16-/m1/s1. The van der Waals surface area contributed by atoms with Crippen LogP contribution in [0.15, 0.2) is 36.5 Å². The summed E-state index contributed by atoms with van der Waals surface area (Å²) >= 11 is 0. The number of nitrogens with one attached hydrogen (secondary N) is 1. The van der Waals surface area contributed by atoms with Gasteiger partial charge in [0.25, 0.3) is 0 Å². The van der Waals surface area contributed by atoms with Crippen molar-refractivity contribution in [3.63, 3.8) is 0 Å². The number of aromatic nitrogens is 4. The second kappa shape index (κ2) is 7.70. The summed E-state index contributed by atoms with van der Waals surface area (Å²) in [7, 11) is 1.88. The number of phenolic OH excluding ortho intramolecular Hbond substituents is 1. The molecule has 2 N–H and O–H groups in total. The van der Waals surface area contributed by atoms with Crippen molar-refractivity contribution in [3.05, 3.63) is 42.2 Å². The van der Waals surface area contributed by atoms with Gasteiger partial charge in [0.15, 0.2) is 5.82 Å². The number of benzene rings is 2. The summed E-state index contributed by atoms with van der Waals surface area (Å²) in [6.45, 7) is 6.47. The number of phenols is 1. The lowest BCUT2D eigenvalue weighted by Crippen LogP contribution is -2.54. The highest BCUT2D eigenvalue weighted by molar-refractivity contribution is 5.90. The van der Waals surface area contributed by atoms with Crippen molar-refractivity contribution in [3.8, 4) is 17.1 Å². The van der Waals surface area contributed by atoms with Crippen molar-refractivity contribution in [2.75, 3.05) is 18.0 Å². The van der Waals surface area contributed by atoms with Gasteiger partial charge < -0.3 is 15.3 Å². The quantitative estimate of drug-likeness (QED) is 0.491. The number of rotatable bonds is 3. The molecule has 2 aromatic heterocycles. The maximum Gasteiger partial charge on any atom is 0.163 e. The lowest BCUT2D eigenvalue weighted by molar-refractivity contribution is 0.407. The Kier molecular flexibility index (Phi) is 4.76. The summed E-state index contributed by atoms with van der Waals surface area (Å²) in [5.41, 5.74) is 4.71. The highest BCUT2D eigenvalue weighted by Gasteiger charge is 2.27. The number of anilines is 1. The third kappa shape index (κ3) is 3.60. The van der Waals surface area contributed by atoms with E-state index >= 15 is 0 Å². The molecule has 2 aromatic carbocycles. The Bertz CT molecular complexity index is 1350. The molecule has 0 amide bonds. The molecule has 1 saturated heterocycles. The molecule has 3 heterocycles. The van der Waals surface area contributed by atoms with Crippen LogP contribution < -0.4 is 10.2 Å². The Labute approximate surface area is 193 Å². The van der Waals surface area contributed by atoms with Crippen LogP contribution >= 0.6 is 0 Å². The molecule has 1 saturated carbocycles. The Morgan fingerprint density at radius 1 is 1.00 bits per heavy atom. The zero-order valence-corrected chi connectivity index (χ0v) is 19.4. The van der Waals surface area contributed by atoms with Crippen molar-refractivity contribution < 1.29 is 5.11 Å². The molecular formula is C26H30N6O. The van der Waals surface area contributed by atoms with Crippen LogP contribution in [0.4, 0.5) is 5.69 Å². The van der Waals surface area contributed by atoms with Crippen LogP contribution in [-0.4, -0.2) is 50.0 Å². The predicted molar refractivity (Wildman–Crippen MR) is 132 cm³/mol. The van der Waals surface area contributed by atoms with Gasteiger partial charge in [0.05, 0.1) is 22.3 Å². The van der Waals surface area contributed by atoms with Crippen molar-refractivity contribution in [2.24, 2.45) is 7.05 Å². The van der Waals surface area contributed by atoms with Gasteiger partial charge in [-0.25, -0.2) is 9.97 Å². The molecule has 1 aliphatic carbocycles. The van der Waals surface area contributed by atoms with Crippen LogP contribution in [0, 0.1) is 0 Å². The van der Waals surface area contributed by atoms with Crippen LogP contribution in [0.2, 0.25) is 0 Å². The minimum atomic E-state index is 0.167. The van der Waals surface area contributed by atoms with E-state index in [-0.39, 0.29) is 5.75 Å². The van der Waals surface area contributed by atoms with Gasteiger partial charge in [0, 0.05) is 66.9 Å². The Morgan fingerprint density at radius 2 is 1.79 bits per heavy atom. The second-order valence-corrected chi connectivity index (χ2v) is 9.87. The summed E-state index contributed by atoms with van der Waals surface area (Å²) < 4.78 is 1.76. The Hall–Kier alpha value is -3.19. The summed E-state index contributed by atoms with van der Waals surface area (Å²) in [5.74, 6) is 1.21. The fourth-order valence-corrected chi connectivity index (χ4v) is 5.35. The van der Waals surface area contributed by atoms with E-state index < -0.39 is 0 Å². The second-order valence-electron chi connectivity index (χ2n) is 9.87. The molecule has 6 rings (SSSR count). The third-order valence-corrected chi connectivity index (χ3v) is 7.10. The fourth-order valence-electron chi connectivity index (χ4n) is 5.35. The predicted octanol–water partition coefficient (Wildman–Crippen LogP) is 4.34. The molecule has 0 spiro atoms. The van der Waals surface area contributed by atoms with Gasteiger partial charge in [-0.1, -0.05) is 6.42 Å². The largest absolute Gasteiger partial charge is 0.507 e. The van der Waals surface area contributed by atoms with Crippen LogP contribution in [0.3, 0.4) is 0 Å². The van der Waals surface area contributed by atoms with Crippen LogP contribution in [0.1, 0.15) is 44.7 Å². The normalized spacial score (nSPS) is 21.6. The number of piperazine rings is 1. The molecule has 7 nitrogen and oxygen atoms in total. The molecule has 0 unspecified atom stereocenters. The lowest BCUT2D eigenvalue weighted by atomic mass is 9.81. The minimum absolute atomic E-state index is 0.167. The van der Waals surface area contributed by atoms with Crippen LogP contribution in [-0.2, 0) is 7.05 Å². The summed E-state index contributed by atoms with van der Waals surface area (Å²) in [5, 5.41) is 20.9. The van der Waals surface area contributed by atoms with Crippen molar-refractivity contribution in [1.82, 2.24) is 25.1 Å². The summed E-state index contributed by atoms with van der Waals surface area (Å²) in [4.78, 5) is 12.4. The monoisotopic (exact) mass is 442 g/mol. The van der Waals surface area contributed by atoms with E-state index in [9.17, 15) is 5.11 Å². The van der Waals surface area contributed by atoms with E-state index in [0.717, 1.165) is 53.4 Å². The Balaban J connectivity index is 1.48. The topological polar surface area (TPSA) is 79.1 Å². The average Bonchev–Trinajstić information content (AvgIpc) is 3.09. The molecule has 7 heteroatoms. The number of fused-ring (bicyclic) bond motifs is 2. The number of hydrogen-bond acceptors (Lipinski definition) is 6. The van der Waals surface area contributed by atoms with Crippen molar-refractivity contribution in [1.29, 1.82) is 0 Å². The molecular weight excluding hydrogens is 412 g/mol. The smallest absolute Gasteiger partial charge is 0.163 e. The number of nitrogens with zero attached hydrogens (tertiary/aromatic N) is 5. The first-order valence-electron chi connectivity index (χ1n) is 11.9. The van der Waals surface area contributed by atoms with Gasteiger partial charge in [-0.2, -0.15) is 5.10 Å². The highest BCUT2D eigenvalue weighted by Crippen LogP contribution is 2.41. The van der Waals surface area contributed by atoms with E-state index in [4.69, 9.17) is 9.97 Å². The highest BCUT2D eigenvalue weighted by atomic mass is 16.3. The first-order valence-corrected chi connectivity index (χ1v) is 11.9. The number of aromatic hydroxyl groups is 1. The first kappa shape index (κ1) is 20.4. The molecule has 4 aromatic rings. The molecule has 1 aliphatic heterocycles. The van der Waals surface area contributed by atoms with Crippen molar-refractivity contribution in [2.45, 2.75) is 51.1 Å². The van der Waals surface area contributed by atoms with E-state index in [1.54, 1.807) is 10.7 Å². The van der Waals surface area contributed by atoms with E-state index in [1.165, 1.54) is 12.1 Å². The maximum atomic E-state index is 10.8. The zero-order valence-electron chi connectivity index (χ0n) is 19.4. The maximum absolute atomic E-state index is 10.8. The third-order valence-electron chi connectivity index (χ3n) is 7.10.